The Morgan fingerprint density at radius 3 is 2.65 bits per heavy atom. The maximum absolute atomic E-state index is 11.6. The lowest BCUT2D eigenvalue weighted by atomic mass is 10.0. The molecule has 0 N–H and O–H groups in total. The molecule has 1 aromatic heterocycles. The van der Waals surface area contributed by atoms with Crippen LogP contribution in [0, 0.1) is 0 Å². The van der Waals surface area contributed by atoms with Crippen molar-refractivity contribution < 1.29 is 4.79 Å². The van der Waals surface area contributed by atoms with Gasteiger partial charge >= 0.3 is 0 Å². The zero-order valence-corrected chi connectivity index (χ0v) is 14.5. The first kappa shape index (κ1) is 14.7. The number of halogens is 1. The Labute approximate surface area is 146 Å². The van der Waals surface area contributed by atoms with Crippen molar-refractivity contribution in [1.82, 2.24) is 4.98 Å². The number of carbonyl (C=O) groups is 1. The van der Waals surface area contributed by atoms with Gasteiger partial charge in [-0.2, -0.15) is 0 Å². The minimum atomic E-state index is -0.0123. The van der Waals surface area contributed by atoms with Crippen LogP contribution in [-0.2, 0) is 4.79 Å². The number of benzene rings is 2. The second kappa shape index (κ2) is 5.95. The topological polar surface area (TPSA) is 30.0 Å². The fourth-order valence-corrected chi connectivity index (χ4v) is 4.19. The van der Waals surface area contributed by atoms with Crippen LogP contribution in [0.25, 0.3) is 17.0 Å². The number of aromatic nitrogens is 1. The summed E-state index contributed by atoms with van der Waals surface area (Å²) >= 11 is 5.09. The summed E-state index contributed by atoms with van der Waals surface area (Å²) in [6, 6.07) is 18.3. The lowest BCUT2D eigenvalue weighted by molar-refractivity contribution is -0.104. The SMILES string of the molecule is O=CC1=Cc2cc3ccccc3nc2S[C@@H]1c1ccc(Br)cc1. The second-order valence-electron chi connectivity index (χ2n) is 5.39. The minimum Gasteiger partial charge on any atom is -0.298 e. The highest BCUT2D eigenvalue weighted by Gasteiger charge is 2.25. The van der Waals surface area contributed by atoms with Crippen molar-refractivity contribution in [1.29, 1.82) is 0 Å². The van der Waals surface area contributed by atoms with Crippen molar-refractivity contribution in [2.24, 2.45) is 0 Å². The number of thioether (sulfide) groups is 1. The van der Waals surface area contributed by atoms with Crippen molar-refractivity contribution in [3.8, 4) is 0 Å². The Morgan fingerprint density at radius 2 is 1.87 bits per heavy atom. The highest BCUT2D eigenvalue weighted by molar-refractivity contribution is 9.10. The van der Waals surface area contributed by atoms with Gasteiger partial charge in [0.25, 0.3) is 0 Å². The molecule has 0 bridgehead atoms. The molecule has 0 radical (unpaired) electrons. The predicted octanol–water partition coefficient (Wildman–Crippen LogP) is 5.43. The van der Waals surface area contributed by atoms with Crippen LogP contribution in [0.15, 0.2) is 69.7 Å². The van der Waals surface area contributed by atoms with E-state index in [4.69, 9.17) is 4.98 Å². The smallest absolute Gasteiger partial charge is 0.147 e. The lowest BCUT2D eigenvalue weighted by Gasteiger charge is -2.22. The van der Waals surface area contributed by atoms with Gasteiger partial charge in [-0.3, -0.25) is 4.79 Å². The first-order valence-corrected chi connectivity index (χ1v) is 8.90. The molecule has 4 heteroatoms. The number of para-hydroxylation sites is 1. The number of fused-ring (bicyclic) bond motifs is 2. The Kier molecular flexibility index (Phi) is 3.79. The molecule has 0 saturated carbocycles. The van der Waals surface area contributed by atoms with Crippen LogP contribution in [0.1, 0.15) is 16.4 Å². The van der Waals surface area contributed by atoms with Gasteiger partial charge in [0.05, 0.1) is 10.8 Å². The van der Waals surface area contributed by atoms with E-state index in [1.807, 2.05) is 54.6 Å². The summed E-state index contributed by atoms with van der Waals surface area (Å²) in [5.41, 5.74) is 3.89. The molecule has 0 aliphatic carbocycles. The number of rotatable bonds is 2. The van der Waals surface area contributed by atoms with E-state index in [1.54, 1.807) is 11.8 Å². The van der Waals surface area contributed by atoms with Crippen LogP contribution in [-0.4, -0.2) is 11.3 Å². The van der Waals surface area contributed by atoms with E-state index in [1.165, 1.54) is 0 Å². The van der Waals surface area contributed by atoms with Crippen LogP contribution in [0.3, 0.4) is 0 Å². The van der Waals surface area contributed by atoms with Gasteiger partial charge in [-0.05, 0) is 35.9 Å². The van der Waals surface area contributed by atoms with Gasteiger partial charge in [-0.25, -0.2) is 4.98 Å². The highest BCUT2D eigenvalue weighted by Crippen LogP contribution is 2.46. The van der Waals surface area contributed by atoms with Gasteiger partial charge in [-0.15, -0.1) is 0 Å². The predicted molar refractivity (Wildman–Crippen MR) is 98.5 cm³/mol. The third-order valence-corrected chi connectivity index (χ3v) is 5.74. The third-order valence-electron chi connectivity index (χ3n) is 3.88. The molecular weight excluding hydrogens is 370 g/mol. The van der Waals surface area contributed by atoms with Crippen LogP contribution < -0.4 is 0 Å². The summed E-state index contributed by atoms with van der Waals surface area (Å²) in [6.45, 7) is 0. The molecule has 0 saturated heterocycles. The molecule has 1 atom stereocenters. The van der Waals surface area contributed by atoms with E-state index >= 15 is 0 Å². The van der Waals surface area contributed by atoms with Gasteiger partial charge in [0.2, 0.25) is 0 Å². The van der Waals surface area contributed by atoms with E-state index in [-0.39, 0.29) is 5.25 Å². The number of carbonyl (C=O) groups excluding carboxylic acids is 1. The number of pyridine rings is 1. The standard InChI is InChI=1S/C19H12BrNOS/c20-16-7-5-12(6-8-16)18-15(11-22)10-14-9-13-3-1-2-4-17(13)21-19(14)23-18/h1-11,18H/t18-/m1/s1. The number of nitrogens with zero attached hydrogens (tertiary/aromatic N) is 1. The fraction of sp³-hybridized carbons (Fsp3) is 0.0526. The van der Waals surface area contributed by atoms with Crippen molar-refractivity contribution in [2.75, 3.05) is 0 Å². The molecule has 2 nitrogen and oxygen atoms in total. The van der Waals surface area contributed by atoms with Gasteiger partial charge in [-0.1, -0.05) is 58.0 Å². The van der Waals surface area contributed by atoms with Gasteiger partial charge in [0.15, 0.2) is 0 Å². The molecule has 1 aliphatic rings. The Balaban J connectivity index is 1.84. The van der Waals surface area contributed by atoms with E-state index in [0.717, 1.165) is 43.4 Å². The summed E-state index contributed by atoms with van der Waals surface area (Å²) in [6.07, 6.45) is 2.92. The van der Waals surface area contributed by atoms with E-state index < -0.39 is 0 Å². The van der Waals surface area contributed by atoms with Crippen molar-refractivity contribution in [2.45, 2.75) is 10.3 Å². The third kappa shape index (κ3) is 2.73. The molecule has 0 unspecified atom stereocenters. The molecule has 2 heterocycles. The van der Waals surface area contributed by atoms with Gasteiger partial charge < -0.3 is 0 Å². The molecule has 1 aliphatic heterocycles. The van der Waals surface area contributed by atoms with Crippen LogP contribution in [0.5, 0.6) is 0 Å². The Bertz CT molecular complexity index is 934. The second-order valence-corrected chi connectivity index (χ2v) is 7.40. The summed E-state index contributed by atoms with van der Waals surface area (Å²) in [4.78, 5) is 16.3. The van der Waals surface area contributed by atoms with Crippen molar-refractivity contribution >= 4 is 51.0 Å². The summed E-state index contributed by atoms with van der Waals surface area (Å²) in [5, 5.41) is 2.06. The molecule has 4 rings (SSSR count). The van der Waals surface area contributed by atoms with Gasteiger partial charge in [0.1, 0.15) is 11.3 Å². The molecule has 0 fully saturated rings. The lowest BCUT2D eigenvalue weighted by Crippen LogP contribution is -2.06. The molecule has 0 amide bonds. The summed E-state index contributed by atoms with van der Waals surface area (Å²) < 4.78 is 1.03. The maximum Gasteiger partial charge on any atom is 0.147 e. The van der Waals surface area contributed by atoms with Crippen LogP contribution in [0.2, 0.25) is 0 Å². The van der Waals surface area contributed by atoms with E-state index in [9.17, 15) is 4.79 Å². The molecule has 23 heavy (non-hydrogen) atoms. The first-order valence-electron chi connectivity index (χ1n) is 7.23. The van der Waals surface area contributed by atoms with Crippen LogP contribution in [0.4, 0.5) is 0 Å². The zero-order chi connectivity index (χ0) is 15.8. The fourth-order valence-electron chi connectivity index (χ4n) is 2.74. The molecule has 3 aromatic rings. The first-order chi connectivity index (χ1) is 11.2. The number of hydrogen-bond donors (Lipinski definition) is 0. The largest absolute Gasteiger partial charge is 0.298 e. The zero-order valence-electron chi connectivity index (χ0n) is 12.1. The highest BCUT2D eigenvalue weighted by atomic mass is 79.9. The maximum atomic E-state index is 11.6. The van der Waals surface area contributed by atoms with Crippen molar-refractivity contribution in [3.63, 3.8) is 0 Å². The molecule has 2 aromatic carbocycles. The summed E-state index contributed by atoms with van der Waals surface area (Å²) in [5.74, 6) is 0. The molecule has 0 spiro atoms. The monoisotopic (exact) mass is 381 g/mol. The average molecular weight is 382 g/mol. The van der Waals surface area contributed by atoms with Crippen LogP contribution >= 0.6 is 27.7 Å². The minimum absolute atomic E-state index is 0.0123. The average Bonchev–Trinajstić information content (AvgIpc) is 2.59. The molecular formula is C19H12BrNOS. The Hall–Kier alpha value is -1.91. The summed E-state index contributed by atoms with van der Waals surface area (Å²) in [7, 11) is 0. The quantitative estimate of drug-likeness (QED) is 0.554. The van der Waals surface area contributed by atoms with Gasteiger partial charge in [0, 0.05) is 21.0 Å². The number of hydrogen-bond acceptors (Lipinski definition) is 3. The van der Waals surface area contributed by atoms with Crippen molar-refractivity contribution in [3.05, 3.63) is 75.8 Å². The molecule has 112 valence electrons. The normalized spacial score (nSPS) is 16.7. The number of aldehydes is 1. The van der Waals surface area contributed by atoms with E-state index in [0.29, 0.717) is 0 Å². The Morgan fingerprint density at radius 1 is 1.09 bits per heavy atom. The van der Waals surface area contributed by atoms with E-state index in [2.05, 4.69) is 22.0 Å².